The minimum absolute atomic E-state index is 0.0871. The maximum atomic E-state index is 13.6. The Hall–Kier alpha value is -1.89. The smallest absolute Gasteiger partial charge is 0.226 e. The van der Waals surface area contributed by atoms with Gasteiger partial charge in [0.2, 0.25) is 5.91 Å². The van der Waals surface area contributed by atoms with Gasteiger partial charge in [-0.15, -0.1) is 11.3 Å². The van der Waals surface area contributed by atoms with E-state index in [9.17, 15) is 9.18 Å². The molecule has 1 aromatic heterocycles. The molecule has 0 unspecified atom stereocenters. The molecule has 0 fully saturated rings. The predicted octanol–water partition coefficient (Wildman–Crippen LogP) is 5.09. The number of carbonyl (C=O) groups excluding carboxylic acids is 1. The van der Waals surface area contributed by atoms with E-state index in [-0.39, 0.29) is 18.1 Å². The van der Waals surface area contributed by atoms with Crippen molar-refractivity contribution in [3.05, 3.63) is 81.6 Å². The number of benzene rings is 2. The highest BCUT2D eigenvalue weighted by Gasteiger charge is 2.09. The highest BCUT2D eigenvalue weighted by molar-refractivity contribution is 8.00. The molecule has 1 N–H and O–H groups in total. The van der Waals surface area contributed by atoms with Gasteiger partial charge in [0.15, 0.2) is 0 Å². The number of nitrogens with zero attached hydrogens (tertiary/aromatic N) is 1. The van der Waals surface area contributed by atoms with Gasteiger partial charge in [-0.2, -0.15) is 0 Å². The molecule has 0 saturated carbocycles. The fourth-order valence-electron chi connectivity index (χ4n) is 2.22. The second-order valence-corrected chi connectivity index (χ2v) is 8.08. The minimum atomic E-state index is -0.210. The van der Waals surface area contributed by atoms with E-state index in [1.807, 2.05) is 23.6 Å². The molecule has 1 amide bonds. The largest absolute Gasteiger partial charge is 0.352 e. The summed E-state index contributed by atoms with van der Waals surface area (Å²) in [5.74, 6) is 0.219. The molecule has 3 rings (SSSR count). The van der Waals surface area contributed by atoms with Crippen LogP contribution in [0.25, 0.3) is 0 Å². The molecule has 0 saturated heterocycles. The Labute approximate surface area is 164 Å². The summed E-state index contributed by atoms with van der Waals surface area (Å²) in [6.07, 6.45) is 0.227. The molecule has 0 aliphatic heterocycles. The average Bonchev–Trinajstić information content (AvgIpc) is 3.08. The molecule has 0 spiro atoms. The van der Waals surface area contributed by atoms with Crippen LogP contribution in [-0.2, 0) is 23.5 Å². The molecule has 0 aliphatic rings. The van der Waals surface area contributed by atoms with E-state index in [0.29, 0.717) is 22.9 Å². The summed E-state index contributed by atoms with van der Waals surface area (Å²) in [6.45, 7) is 0.453. The first kappa shape index (κ1) is 18.9. The van der Waals surface area contributed by atoms with Gasteiger partial charge in [0.25, 0.3) is 0 Å². The SMILES string of the molecule is O=C(Cc1csc(SCc2ccccc2F)n1)NCc1ccc(Cl)cc1. The van der Waals surface area contributed by atoms with E-state index in [4.69, 9.17) is 11.6 Å². The summed E-state index contributed by atoms with van der Waals surface area (Å²) in [5.41, 5.74) is 2.36. The number of carbonyl (C=O) groups is 1. The maximum Gasteiger partial charge on any atom is 0.226 e. The quantitative estimate of drug-likeness (QED) is 0.556. The highest BCUT2D eigenvalue weighted by atomic mass is 35.5. The van der Waals surface area contributed by atoms with Crippen LogP contribution in [0.1, 0.15) is 16.8 Å². The normalized spacial score (nSPS) is 10.7. The third-order valence-electron chi connectivity index (χ3n) is 3.58. The van der Waals surface area contributed by atoms with Crippen molar-refractivity contribution in [2.24, 2.45) is 0 Å². The van der Waals surface area contributed by atoms with Crippen molar-refractivity contribution in [3.8, 4) is 0 Å². The van der Waals surface area contributed by atoms with Gasteiger partial charge in [0, 0.05) is 22.7 Å². The van der Waals surface area contributed by atoms with Crippen LogP contribution in [0, 0.1) is 5.82 Å². The maximum absolute atomic E-state index is 13.6. The first-order valence-electron chi connectivity index (χ1n) is 7.92. The minimum Gasteiger partial charge on any atom is -0.352 e. The zero-order valence-corrected chi connectivity index (χ0v) is 16.1. The first-order chi connectivity index (χ1) is 12.6. The van der Waals surface area contributed by atoms with Crippen LogP contribution >= 0.6 is 34.7 Å². The van der Waals surface area contributed by atoms with Gasteiger partial charge in [-0.25, -0.2) is 9.37 Å². The van der Waals surface area contributed by atoms with E-state index in [1.54, 1.807) is 24.3 Å². The number of thioether (sulfide) groups is 1. The Bertz CT molecular complexity index is 883. The molecular weight excluding hydrogens is 391 g/mol. The fraction of sp³-hybridized carbons (Fsp3) is 0.158. The van der Waals surface area contributed by atoms with E-state index >= 15 is 0 Å². The molecule has 1 heterocycles. The summed E-state index contributed by atoms with van der Waals surface area (Å²) in [6, 6.07) is 14.1. The molecular formula is C19H16ClFN2OS2. The monoisotopic (exact) mass is 406 g/mol. The molecule has 0 bridgehead atoms. The number of nitrogens with one attached hydrogen (secondary N) is 1. The van der Waals surface area contributed by atoms with E-state index in [1.165, 1.54) is 29.2 Å². The standard InChI is InChI=1S/C19H16ClFN2OS2/c20-15-7-5-13(6-8-15)10-22-18(24)9-16-12-26-19(23-16)25-11-14-3-1-2-4-17(14)21/h1-8,12H,9-11H2,(H,22,24). The Balaban J connectivity index is 1.47. The average molecular weight is 407 g/mol. The summed E-state index contributed by atoms with van der Waals surface area (Å²) in [7, 11) is 0. The molecule has 3 nitrogen and oxygen atoms in total. The lowest BCUT2D eigenvalue weighted by Crippen LogP contribution is -2.24. The van der Waals surface area contributed by atoms with Crippen LogP contribution < -0.4 is 5.32 Å². The van der Waals surface area contributed by atoms with Crippen LogP contribution in [0.5, 0.6) is 0 Å². The van der Waals surface area contributed by atoms with Crippen molar-refractivity contribution >= 4 is 40.6 Å². The lowest BCUT2D eigenvalue weighted by Gasteiger charge is -2.04. The second kappa shape index (κ2) is 9.16. The number of aromatic nitrogens is 1. The van der Waals surface area contributed by atoms with E-state index < -0.39 is 0 Å². The van der Waals surface area contributed by atoms with Crippen molar-refractivity contribution in [2.75, 3.05) is 0 Å². The summed E-state index contributed by atoms with van der Waals surface area (Å²) >= 11 is 8.78. The lowest BCUT2D eigenvalue weighted by molar-refractivity contribution is -0.120. The van der Waals surface area contributed by atoms with Gasteiger partial charge in [-0.05, 0) is 29.3 Å². The van der Waals surface area contributed by atoms with Crippen molar-refractivity contribution < 1.29 is 9.18 Å². The van der Waals surface area contributed by atoms with Crippen molar-refractivity contribution in [1.29, 1.82) is 0 Å². The van der Waals surface area contributed by atoms with E-state index in [2.05, 4.69) is 10.3 Å². The summed E-state index contributed by atoms with van der Waals surface area (Å²) < 4.78 is 14.5. The molecule has 2 aromatic carbocycles. The van der Waals surface area contributed by atoms with Gasteiger partial charge in [0.1, 0.15) is 10.2 Å². The Morgan fingerprint density at radius 2 is 1.96 bits per heavy atom. The molecule has 26 heavy (non-hydrogen) atoms. The number of thiazole rings is 1. The summed E-state index contributed by atoms with van der Waals surface area (Å²) in [4.78, 5) is 16.5. The van der Waals surface area contributed by atoms with Gasteiger partial charge in [-0.1, -0.05) is 53.7 Å². The second-order valence-electron chi connectivity index (χ2n) is 5.56. The van der Waals surface area contributed by atoms with Crippen molar-refractivity contribution in [3.63, 3.8) is 0 Å². The number of rotatable bonds is 7. The van der Waals surface area contributed by atoms with Crippen molar-refractivity contribution in [1.82, 2.24) is 10.3 Å². The van der Waals surface area contributed by atoms with Crippen LogP contribution in [0.2, 0.25) is 5.02 Å². The predicted molar refractivity (Wildman–Crippen MR) is 105 cm³/mol. The zero-order valence-electron chi connectivity index (χ0n) is 13.7. The molecule has 134 valence electrons. The van der Waals surface area contributed by atoms with Crippen LogP contribution in [0.4, 0.5) is 4.39 Å². The van der Waals surface area contributed by atoms with Gasteiger partial charge in [0.05, 0.1) is 12.1 Å². The fourth-order valence-corrected chi connectivity index (χ4v) is 4.18. The summed E-state index contributed by atoms with van der Waals surface area (Å²) in [5, 5.41) is 5.40. The lowest BCUT2D eigenvalue weighted by atomic mass is 10.2. The highest BCUT2D eigenvalue weighted by Crippen LogP contribution is 2.27. The van der Waals surface area contributed by atoms with Crippen molar-refractivity contribution in [2.45, 2.75) is 23.1 Å². The zero-order chi connectivity index (χ0) is 18.4. The number of amides is 1. The topological polar surface area (TPSA) is 42.0 Å². The Kier molecular flexibility index (Phi) is 6.66. The number of hydrogen-bond donors (Lipinski definition) is 1. The van der Waals surface area contributed by atoms with Gasteiger partial charge < -0.3 is 5.32 Å². The molecule has 0 atom stereocenters. The van der Waals surface area contributed by atoms with Crippen LogP contribution in [-0.4, -0.2) is 10.9 Å². The Morgan fingerprint density at radius 1 is 1.19 bits per heavy atom. The first-order valence-corrected chi connectivity index (χ1v) is 10.2. The molecule has 3 aromatic rings. The third kappa shape index (κ3) is 5.56. The van der Waals surface area contributed by atoms with Gasteiger partial charge in [-0.3, -0.25) is 4.79 Å². The van der Waals surface area contributed by atoms with E-state index in [0.717, 1.165) is 15.6 Å². The number of hydrogen-bond acceptors (Lipinski definition) is 4. The van der Waals surface area contributed by atoms with Gasteiger partial charge >= 0.3 is 0 Å². The Morgan fingerprint density at radius 3 is 2.73 bits per heavy atom. The third-order valence-corrected chi connectivity index (χ3v) is 5.95. The molecule has 0 radical (unpaired) electrons. The molecule has 7 heteroatoms. The van der Waals surface area contributed by atoms with Crippen LogP contribution in [0.3, 0.4) is 0 Å². The van der Waals surface area contributed by atoms with Crippen LogP contribution in [0.15, 0.2) is 58.3 Å². The number of halogens is 2. The molecule has 0 aliphatic carbocycles.